The first-order chi connectivity index (χ1) is 15.2. The van der Waals surface area contributed by atoms with Crippen LogP contribution < -0.4 is 10.1 Å². The Morgan fingerprint density at radius 2 is 1.69 bits per heavy atom. The number of carbonyl (C=O) groups is 1. The standard InChI is InChI=1S/C24H25BrN2O4S/c1-17(2)31-23-14-9-19(15-22(23)25)24(28)26-20-10-12-21(13-11-20)32(29,30)27(3)16-18-7-5-4-6-8-18/h4-15,17H,16H2,1-3H3,(H,26,28). The lowest BCUT2D eigenvalue weighted by atomic mass is 10.2. The normalized spacial score (nSPS) is 11.6. The fourth-order valence-electron chi connectivity index (χ4n) is 3.01. The molecular weight excluding hydrogens is 492 g/mol. The number of carbonyl (C=O) groups excluding carboxylic acids is 1. The van der Waals surface area contributed by atoms with Gasteiger partial charge in [-0.1, -0.05) is 30.3 Å². The molecule has 168 valence electrons. The van der Waals surface area contributed by atoms with Gasteiger partial charge in [0.05, 0.1) is 15.5 Å². The average molecular weight is 517 g/mol. The first-order valence-electron chi connectivity index (χ1n) is 10.0. The number of ether oxygens (including phenoxy) is 1. The van der Waals surface area contributed by atoms with Gasteiger partial charge in [-0.2, -0.15) is 4.31 Å². The molecule has 3 aromatic carbocycles. The maximum Gasteiger partial charge on any atom is 0.255 e. The fraction of sp³-hybridized carbons (Fsp3) is 0.208. The quantitative estimate of drug-likeness (QED) is 0.440. The third kappa shape index (κ3) is 5.97. The zero-order chi connectivity index (χ0) is 23.3. The monoisotopic (exact) mass is 516 g/mol. The largest absolute Gasteiger partial charge is 0.490 e. The van der Waals surface area contributed by atoms with E-state index in [0.29, 0.717) is 21.5 Å². The molecule has 6 nitrogen and oxygen atoms in total. The summed E-state index contributed by atoms with van der Waals surface area (Å²) in [5.41, 5.74) is 1.85. The number of anilines is 1. The molecule has 0 bridgehead atoms. The number of amides is 1. The molecule has 0 atom stereocenters. The topological polar surface area (TPSA) is 75.7 Å². The summed E-state index contributed by atoms with van der Waals surface area (Å²) in [6.07, 6.45) is 0.0208. The minimum atomic E-state index is -3.65. The number of halogens is 1. The second-order valence-electron chi connectivity index (χ2n) is 7.54. The molecule has 0 aliphatic heterocycles. The first-order valence-corrected chi connectivity index (χ1v) is 12.3. The van der Waals surface area contributed by atoms with E-state index in [2.05, 4.69) is 21.2 Å². The van der Waals surface area contributed by atoms with Crippen molar-refractivity contribution in [3.8, 4) is 5.75 Å². The highest BCUT2D eigenvalue weighted by atomic mass is 79.9. The number of nitrogens with one attached hydrogen (secondary N) is 1. The Bertz CT molecular complexity index is 1180. The van der Waals surface area contributed by atoms with Gasteiger partial charge in [-0.3, -0.25) is 4.79 Å². The highest BCUT2D eigenvalue weighted by Crippen LogP contribution is 2.27. The van der Waals surface area contributed by atoms with Crippen molar-refractivity contribution in [2.45, 2.75) is 31.4 Å². The number of hydrogen-bond donors (Lipinski definition) is 1. The lowest BCUT2D eigenvalue weighted by Gasteiger charge is -2.17. The van der Waals surface area contributed by atoms with Crippen molar-refractivity contribution in [1.29, 1.82) is 0 Å². The average Bonchev–Trinajstić information content (AvgIpc) is 2.76. The van der Waals surface area contributed by atoms with E-state index in [1.165, 1.54) is 16.4 Å². The van der Waals surface area contributed by atoms with E-state index < -0.39 is 10.0 Å². The van der Waals surface area contributed by atoms with Crippen LogP contribution in [0.25, 0.3) is 0 Å². The van der Waals surface area contributed by atoms with Gasteiger partial charge in [0.25, 0.3) is 5.91 Å². The van der Waals surface area contributed by atoms with E-state index in [1.807, 2.05) is 44.2 Å². The maximum atomic E-state index is 12.9. The minimum absolute atomic E-state index is 0.0208. The van der Waals surface area contributed by atoms with Crippen LogP contribution in [0.4, 0.5) is 5.69 Å². The second kappa shape index (κ2) is 10.3. The molecule has 3 rings (SSSR count). The Balaban J connectivity index is 1.68. The maximum absolute atomic E-state index is 12.9. The molecule has 0 heterocycles. The molecule has 3 aromatic rings. The minimum Gasteiger partial charge on any atom is -0.490 e. The number of nitrogens with zero attached hydrogens (tertiary/aromatic N) is 1. The Morgan fingerprint density at radius 3 is 2.28 bits per heavy atom. The van der Waals surface area contributed by atoms with E-state index in [9.17, 15) is 13.2 Å². The number of benzene rings is 3. The number of rotatable bonds is 8. The summed E-state index contributed by atoms with van der Waals surface area (Å²) in [6.45, 7) is 4.12. The first kappa shape index (κ1) is 24.0. The van der Waals surface area contributed by atoms with Gasteiger partial charge in [0.15, 0.2) is 0 Å². The van der Waals surface area contributed by atoms with Gasteiger partial charge in [-0.15, -0.1) is 0 Å². The third-order valence-corrected chi connectivity index (χ3v) is 7.06. The molecule has 32 heavy (non-hydrogen) atoms. The Hall–Kier alpha value is -2.68. The Morgan fingerprint density at radius 1 is 1.03 bits per heavy atom. The van der Waals surface area contributed by atoms with Gasteiger partial charge in [0.1, 0.15) is 5.75 Å². The van der Waals surface area contributed by atoms with Crippen molar-refractivity contribution in [1.82, 2.24) is 4.31 Å². The van der Waals surface area contributed by atoms with Crippen molar-refractivity contribution < 1.29 is 17.9 Å². The third-order valence-electron chi connectivity index (χ3n) is 4.63. The summed E-state index contributed by atoms with van der Waals surface area (Å²) in [5.74, 6) is 0.351. The molecule has 0 saturated carbocycles. The molecule has 0 spiro atoms. The van der Waals surface area contributed by atoms with Gasteiger partial charge in [-0.25, -0.2) is 8.42 Å². The summed E-state index contributed by atoms with van der Waals surface area (Å²) in [6, 6.07) is 20.6. The smallest absolute Gasteiger partial charge is 0.255 e. The van der Waals surface area contributed by atoms with Crippen molar-refractivity contribution in [2.24, 2.45) is 0 Å². The van der Waals surface area contributed by atoms with Crippen molar-refractivity contribution in [3.05, 3.63) is 88.4 Å². The van der Waals surface area contributed by atoms with E-state index in [4.69, 9.17) is 4.74 Å². The zero-order valence-electron chi connectivity index (χ0n) is 18.1. The SMILES string of the molecule is CC(C)Oc1ccc(C(=O)Nc2ccc(S(=O)(=O)N(C)Cc3ccccc3)cc2)cc1Br. The van der Waals surface area contributed by atoms with Crippen molar-refractivity contribution >= 4 is 37.5 Å². The van der Waals surface area contributed by atoms with Crippen LogP contribution in [0.1, 0.15) is 29.8 Å². The molecule has 0 aliphatic rings. The van der Waals surface area contributed by atoms with Gasteiger partial charge in [0.2, 0.25) is 10.0 Å². The van der Waals surface area contributed by atoms with Crippen LogP contribution in [0.3, 0.4) is 0 Å². The van der Waals surface area contributed by atoms with Crippen LogP contribution in [-0.4, -0.2) is 31.8 Å². The lowest BCUT2D eigenvalue weighted by molar-refractivity contribution is 0.102. The Kier molecular flexibility index (Phi) is 7.71. The van der Waals surface area contributed by atoms with Crippen LogP contribution in [0, 0.1) is 0 Å². The molecule has 1 N–H and O–H groups in total. The molecule has 8 heteroatoms. The van der Waals surface area contributed by atoms with E-state index in [1.54, 1.807) is 37.4 Å². The van der Waals surface area contributed by atoms with E-state index in [-0.39, 0.29) is 23.5 Å². The summed E-state index contributed by atoms with van der Waals surface area (Å²) >= 11 is 3.42. The Labute approximate surface area is 197 Å². The molecular formula is C24H25BrN2O4S. The lowest BCUT2D eigenvalue weighted by Crippen LogP contribution is -2.26. The van der Waals surface area contributed by atoms with Gasteiger partial charge in [-0.05, 0) is 77.8 Å². The predicted molar refractivity (Wildman–Crippen MR) is 129 cm³/mol. The zero-order valence-corrected chi connectivity index (χ0v) is 20.5. The highest BCUT2D eigenvalue weighted by molar-refractivity contribution is 9.10. The van der Waals surface area contributed by atoms with Crippen molar-refractivity contribution in [2.75, 3.05) is 12.4 Å². The van der Waals surface area contributed by atoms with E-state index in [0.717, 1.165) is 5.56 Å². The van der Waals surface area contributed by atoms with Gasteiger partial charge in [0, 0.05) is 24.8 Å². The fourth-order valence-corrected chi connectivity index (χ4v) is 4.64. The number of sulfonamides is 1. The van der Waals surface area contributed by atoms with Gasteiger partial charge >= 0.3 is 0 Å². The second-order valence-corrected chi connectivity index (χ2v) is 10.4. The molecule has 0 fully saturated rings. The van der Waals surface area contributed by atoms with Crippen LogP contribution >= 0.6 is 15.9 Å². The van der Waals surface area contributed by atoms with E-state index >= 15 is 0 Å². The summed E-state index contributed by atoms with van der Waals surface area (Å²) in [4.78, 5) is 12.8. The van der Waals surface area contributed by atoms with Crippen LogP contribution in [0.15, 0.2) is 82.2 Å². The molecule has 0 radical (unpaired) electrons. The van der Waals surface area contributed by atoms with Gasteiger partial charge < -0.3 is 10.1 Å². The highest BCUT2D eigenvalue weighted by Gasteiger charge is 2.21. The predicted octanol–water partition coefficient (Wildman–Crippen LogP) is 5.31. The summed E-state index contributed by atoms with van der Waals surface area (Å²) in [5, 5.41) is 2.78. The van der Waals surface area contributed by atoms with Crippen molar-refractivity contribution in [3.63, 3.8) is 0 Å². The summed E-state index contributed by atoms with van der Waals surface area (Å²) < 4.78 is 33.4. The van der Waals surface area contributed by atoms with Crippen LogP contribution in [0.2, 0.25) is 0 Å². The molecule has 0 unspecified atom stereocenters. The molecule has 0 aliphatic carbocycles. The van der Waals surface area contributed by atoms with Crippen LogP contribution in [-0.2, 0) is 16.6 Å². The molecule has 1 amide bonds. The molecule has 0 saturated heterocycles. The summed E-state index contributed by atoms with van der Waals surface area (Å²) in [7, 11) is -2.11. The number of hydrogen-bond acceptors (Lipinski definition) is 4. The molecule has 0 aromatic heterocycles. The van der Waals surface area contributed by atoms with Crippen LogP contribution in [0.5, 0.6) is 5.75 Å².